The van der Waals surface area contributed by atoms with Crippen LogP contribution < -0.4 is 0 Å². The summed E-state index contributed by atoms with van der Waals surface area (Å²) < 4.78 is 1.34. The minimum atomic E-state index is -0.110. The molecule has 3 rings (SSSR count). The molecule has 1 aromatic heterocycles. The van der Waals surface area contributed by atoms with Gasteiger partial charge in [0.25, 0.3) is 5.91 Å². The molecule has 0 spiro atoms. The van der Waals surface area contributed by atoms with E-state index in [1.807, 2.05) is 42.5 Å². The van der Waals surface area contributed by atoms with E-state index in [0.29, 0.717) is 5.56 Å². The Morgan fingerprint density at radius 3 is 2.59 bits per heavy atom. The summed E-state index contributed by atoms with van der Waals surface area (Å²) in [6.07, 6.45) is 3.25. The van der Waals surface area contributed by atoms with E-state index in [9.17, 15) is 4.79 Å². The minimum Gasteiger partial charge on any atom is -0.267 e. The normalized spacial score (nSPS) is 10.6. The van der Waals surface area contributed by atoms with Crippen LogP contribution in [-0.2, 0) is 0 Å². The van der Waals surface area contributed by atoms with Crippen LogP contribution in [0.5, 0.6) is 0 Å². The molecule has 82 valence electrons. The lowest BCUT2D eigenvalue weighted by atomic mass is 10.1. The quantitative estimate of drug-likeness (QED) is 0.634. The highest BCUT2D eigenvalue weighted by molar-refractivity contribution is 5.99. The van der Waals surface area contributed by atoms with Gasteiger partial charge in [-0.15, -0.1) is 0 Å². The van der Waals surface area contributed by atoms with Gasteiger partial charge in [0.1, 0.15) is 0 Å². The van der Waals surface area contributed by atoms with Crippen molar-refractivity contribution < 1.29 is 4.79 Å². The number of hydrogen-bond acceptors (Lipinski definition) is 2. The topological polar surface area (TPSA) is 34.9 Å². The molecule has 0 aliphatic heterocycles. The highest BCUT2D eigenvalue weighted by Gasteiger charge is 2.08. The third-order valence-electron chi connectivity index (χ3n) is 2.71. The average Bonchev–Trinajstić information content (AvgIpc) is 2.91. The minimum absolute atomic E-state index is 0.110. The van der Waals surface area contributed by atoms with Crippen molar-refractivity contribution in [2.45, 2.75) is 0 Å². The van der Waals surface area contributed by atoms with Crippen LogP contribution in [0.1, 0.15) is 10.4 Å². The summed E-state index contributed by atoms with van der Waals surface area (Å²) in [4.78, 5) is 12.1. The molecule has 0 N–H and O–H groups in total. The van der Waals surface area contributed by atoms with Crippen LogP contribution in [0.4, 0.5) is 0 Å². The molecule has 0 amide bonds. The maximum atomic E-state index is 12.1. The van der Waals surface area contributed by atoms with Crippen molar-refractivity contribution in [1.82, 2.24) is 9.78 Å². The molecule has 3 aromatic rings. The first-order chi connectivity index (χ1) is 8.34. The van der Waals surface area contributed by atoms with Gasteiger partial charge in [0.05, 0.1) is 0 Å². The number of nitrogens with zero attached hydrogens (tertiary/aromatic N) is 2. The van der Waals surface area contributed by atoms with E-state index in [0.717, 1.165) is 10.8 Å². The highest BCUT2D eigenvalue weighted by Crippen LogP contribution is 2.16. The van der Waals surface area contributed by atoms with Crippen molar-refractivity contribution in [3.05, 3.63) is 66.5 Å². The fraction of sp³-hybridized carbons (Fsp3) is 0. The highest BCUT2D eigenvalue weighted by atomic mass is 16.2. The first-order valence-electron chi connectivity index (χ1n) is 5.38. The predicted molar refractivity (Wildman–Crippen MR) is 65.9 cm³/mol. The summed E-state index contributed by atoms with van der Waals surface area (Å²) in [5.41, 5.74) is 0.646. The average molecular weight is 222 g/mol. The lowest BCUT2D eigenvalue weighted by Gasteiger charge is -2.02. The predicted octanol–water partition coefficient (Wildman–Crippen LogP) is 2.72. The molecule has 0 fully saturated rings. The maximum Gasteiger partial charge on any atom is 0.278 e. The third kappa shape index (κ3) is 1.72. The van der Waals surface area contributed by atoms with Gasteiger partial charge < -0.3 is 0 Å². The van der Waals surface area contributed by atoms with Gasteiger partial charge in [-0.3, -0.25) is 4.79 Å². The molecule has 3 nitrogen and oxygen atoms in total. The molecule has 3 heteroatoms. The second-order valence-electron chi connectivity index (χ2n) is 3.82. The number of aromatic nitrogens is 2. The van der Waals surface area contributed by atoms with Gasteiger partial charge >= 0.3 is 0 Å². The van der Waals surface area contributed by atoms with Crippen LogP contribution >= 0.6 is 0 Å². The van der Waals surface area contributed by atoms with Gasteiger partial charge in [-0.1, -0.05) is 30.3 Å². The van der Waals surface area contributed by atoms with Crippen LogP contribution in [0.2, 0.25) is 0 Å². The van der Waals surface area contributed by atoms with Gasteiger partial charge in [0, 0.05) is 18.0 Å². The molecule has 2 aromatic carbocycles. The molecule has 0 saturated heterocycles. The summed E-state index contributed by atoms with van der Waals surface area (Å²) >= 11 is 0. The van der Waals surface area contributed by atoms with Crippen molar-refractivity contribution >= 4 is 16.7 Å². The lowest BCUT2D eigenvalue weighted by molar-refractivity contribution is 0.0945. The molecule has 0 saturated carbocycles. The summed E-state index contributed by atoms with van der Waals surface area (Å²) in [5, 5.41) is 6.13. The van der Waals surface area contributed by atoms with Gasteiger partial charge in [0.2, 0.25) is 0 Å². The Morgan fingerprint density at radius 1 is 1.00 bits per heavy atom. The fourth-order valence-electron chi connectivity index (χ4n) is 1.84. The molecular formula is C14H10N2O. The molecule has 17 heavy (non-hydrogen) atoms. The van der Waals surface area contributed by atoms with Gasteiger partial charge in [0.15, 0.2) is 0 Å². The van der Waals surface area contributed by atoms with E-state index in [1.54, 1.807) is 18.5 Å². The molecule has 0 bridgehead atoms. The summed E-state index contributed by atoms with van der Waals surface area (Å²) in [6.45, 7) is 0. The molecule has 0 aliphatic carbocycles. The number of benzene rings is 2. The number of rotatable bonds is 1. The van der Waals surface area contributed by atoms with Crippen LogP contribution in [0.15, 0.2) is 60.9 Å². The monoisotopic (exact) mass is 222 g/mol. The smallest absolute Gasteiger partial charge is 0.267 e. The Balaban J connectivity index is 2.09. The molecule has 0 unspecified atom stereocenters. The van der Waals surface area contributed by atoms with Gasteiger partial charge in [-0.05, 0) is 29.0 Å². The fourth-order valence-corrected chi connectivity index (χ4v) is 1.84. The second kappa shape index (κ2) is 3.87. The van der Waals surface area contributed by atoms with Crippen molar-refractivity contribution in [1.29, 1.82) is 0 Å². The van der Waals surface area contributed by atoms with E-state index in [-0.39, 0.29) is 5.91 Å². The number of fused-ring (bicyclic) bond motifs is 1. The summed E-state index contributed by atoms with van der Waals surface area (Å²) in [5.74, 6) is -0.110. The SMILES string of the molecule is O=C(c1ccc2ccccc2c1)n1cccn1. The largest absolute Gasteiger partial charge is 0.278 e. The zero-order valence-electron chi connectivity index (χ0n) is 9.08. The van der Waals surface area contributed by atoms with Crippen molar-refractivity contribution in [2.24, 2.45) is 0 Å². The van der Waals surface area contributed by atoms with Crippen LogP contribution in [0.3, 0.4) is 0 Å². The summed E-state index contributed by atoms with van der Waals surface area (Å²) in [7, 11) is 0. The number of hydrogen-bond donors (Lipinski definition) is 0. The van der Waals surface area contributed by atoms with E-state index in [4.69, 9.17) is 0 Å². The molecule has 0 aliphatic rings. The number of carbonyl (C=O) groups excluding carboxylic acids is 1. The Labute approximate surface area is 98.3 Å². The summed E-state index contributed by atoms with van der Waals surface area (Å²) in [6, 6.07) is 15.4. The Morgan fingerprint density at radius 2 is 1.82 bits per heavy atom. The van der Waals surface area contributed by atoms with Crippen molar-refractivity contribution in [3.63, 3.8) is 0 Å². The van der Waals surface area contributed by atoms with Gasteiger partial charge in [-0.2, -0.15) is 5.10 Å². The Kier molecular flexibility index (Phi) is 2.22. The number of carbonyl (C=O) groups is 1. The van der Waals surface area contributed by atoms with Crippen LogP contribution in [0.25, 0.3) is 10.8 Å². The van der Waals surface area contributed by atoms with Crippen LogP contribution in [0, 0.1) is 0 Å². The van der Waals surface area contributed by atoms with E-state index < -0.39 is 0 Å². The zero-order valence-corrected chi connectivity index (χ0v) is 9.08. The Hall–Kier alpha value is -2.42. The first-order valence-corrected chi connectivity index (χ1v) is 5.38. The first kappa shape index (κ1) is 9.78. The van der Waals surface area contributed by atoms with Crippen LogP contribution in [-0.4, -0.2) is 15.7 Å². The van der Waals surface area contributed by atoms with E-state index in [1.165, 1.54) is 4.68 Å². The standard InChI is InChI=1S/C14H10N2O/c17-14(16-9-3-8-15-16)13-7-6-11-4-1-2-5-12(11)10-13/h1-10H. The lowest BCUT2D eigenvalue weighted by Crippen LogP contribution is -2.12. The van der Waals surface area contributed by atoms with Crippen molar-refractivity contribution in [2.75, 3.05) is 0 Å². The molecule has 1 heterocycles. The third-order valence-corrected chi connectivity index (χ3v) is 2.71. The second-order valence-corrected chi connectivity index (χ2v) is 3.82. The zero-order chi connectivity index (χ0) is 11.7. The van der Waals surface area contributed by atoms with E-state index >= 15 is 0 Å². The van der Waals surface area contributed by atoms with Gasteiger partial charge in [-0.25, -0.2) is 4.68 Å². The van der Waals surface area contributed by atoms with Crippen molar-refractivity contribution in [3.8, 4) is 0 Å². The Bertz CT molecular complexity index is 672. The molecular weight excluding hydrogens is 212 g/mol. The van der Waals surface area contributed by atoms with E-state index in [2.05, 4.69) is 5.10 Å². The maximum absolute atomic E-state index is 12.1. The molecule has 0 atom stereocenters. The molecule has 0 radical (unpaired) electrons.